The topological polar surface area (TPSA) is 70.7 Å². The smallest absolute Gasteiger partial charge is 0.287 e. The Morgan fingerprint density at radius 2 is 1.86 bits per heavy atom. The SMILES string of the molecule is Cc1cc(C)n(Cc2ccc(C(=O)N3N=C(C(F)F)C[C@]3(O)C(F)F)cc2)n1. The summed E-state index contributed by atoms with van der Waals surface area (Å²) in [5.41, 5.74) is -1.51. The predicted octanol–water partition coefficient (Wildman–Crippen LogP) is 2.97. The molecule has 1 amide bonds. The average molecular weight is 398 g/mol. The molecule has 0 spiro atoms. The Labute approximate surface area is 158 Å². The quantitative estimate of drug-likeness (QED) is 0.788. The summed E-state index contributed by atoms with van der Waals surface area (Å²) >= 11 is 0. The van der Waals surface area contributed by atoms with Gasteiger partial charge in [-0.2, -0.15) is 15.2 Å². The van der Waals surface area contributed by atoms with Crippen LogP contribution in [0.2, 0.25) is 0 Å². The zero-order valence-corrected chi connectivity index (χ0v) is 15.1. The van der Waals surface area contributed by atoms with Gasteiger partial charge in [-0.15, -0.1) is 0 Å². The van der Waals surface area contributed by atoms with Crippen molar-refractivity contribution in [3.05, 3.63) is 52.8 Å². The van der Waals surface area contributed by atoms with Crippen LogP contribution < -0.4 is 0 Å². The van der Waals surface area contributed by atoms with E-state index in [-0.39, 0.29) is 10.6 Å². The Morgan fingerprint density at radius 1 is 1.21 bits per heavy atom. The van der Waals surface area contributed by atoms with Crippen molar-refractivity contribution in [1.82, 2.24) is 14.8 Å². The molecule has 0 fully saturated rings. The van der Waals surface area contributed by atoms with Crippen LogP contribution in [0.1, 0.15) is 33.7 Å². The van der Waals surface area contributed by atoms with Crippen molar-refractivity contribution in [2.75, 3.05) is 0 Å². The molecule has 2 heterocycles. The van der Waals surface area contributed by atoms with Gasteiger partial charge < -0.3 is 5.11 Å². The number of carbonyl (C=O) groups excluding carboxylic acids is 1. The van der Waals surface area contributed by atoms with E-state index in [1.54, 1.807) is 16.8 Å². The van der Waals surface area contributed by atoms with Crippen LogP contribution in [0.5, 0.6) is 0 Å². The van der Waals surface area contributed by atoms with Crippen LogP contribution in [0.25, 0.3) is 0 Å². The number of aryl methyl sites for hydroxylation is 2. The molecule has 6 nitrogen and oxygen atoms in total. The molecule has 0 saturated carbocycles. The number of hydrogen-bond acceptors (Lipinski definition) is 4. The van der Waals surface area contributed by atoms with Gasteiger partial charge in [0, 0.05) is 17.7 Å². The molecule has 2 aromatic rings. The van der Waals surface area contributed by atoms with Crippen LogP contribution in [0.3, 0.4) is 0 Å². The van der Waals surface area contributed by atoms with E-state index >= 15 is 0 Å². The van der Waals surface area contributed by atoms with Crippen molar-refractivity contribution in [3.8, 4) is 0 Å². The molecule has 1 N–H and O–H groups in total. The highest BCUT2D eigenvalue weighted by Gasteiger charge is 2.53. The van der Waals surface area contributed by atoms with Crippen molar-refractivity contribution in [1.29, 1.82) is 0 Å². The zero-order chi connectivity index (χ0) is 20.6. The number of rotatable bonds is 5. The summed E-state index contributed by atoms with van der Waals surface area (Å²) < 4.78 is 54.0. The second-order valence-electron chi connectivity index (χ2n) is 6.65. The van der Waals surface area contributed by atoms with Gasteiger partial charge >= 0.3 is 0 Å². The van der Waals surface area contributed by atoms with Gasteiger partial charge in [0.25, 0.3) is 18.8 Å². The van der Waals surface area contributed by atoms with Gasteiger partial charge in [-0.25, -0.2) is 17.6 Å². The lowest BCUT2D eigenvalue weighted by molar-refractivity contribution is -0.164. The van der Waals surface area contributed by atoms with E-state index in [1.807, 2.05) is 19.9 Å². The number of hydrogen-bond donors (Lipinski definition) is 1. The molecule has 0 radical (unpaired) electrons. The van der Waals surface area contributed by atoms with Crippen LogP contribution in [0.4, 0.5) is 17.6 Å². The Balaban J connectivity index is 1.82. The van der Waals surface area contributed by atoms with Crippen LogP contribution in [0.15, 0.2) is 35.4 Å². The van der Waals surface area contributed by atoms with Crippen LogP contribution in [-0.2, 0) is 6.54 Å². The summed E-state index contributed by atoms with van der Waals surface area (Å²) in [7, 11) is 0. The van der Waals surface area contributed by atoms with Crippen molar-refractivity contribution < 1.29 is 27.5 Å². The van der Waals surface area contributed by atoms with Gasteiger partial charge in [0.1, 0.15) is 5.71 Å². The number of amides is 1. The minimum atomic E-state index is -3.46. The number of carbonyl (C=O) groups is 1. The van der Waals surface area contributed by atoms with Gasteiger partial charge in [0.05, 0.1) is 12.2 Å². The van der Waals surface area contributed by atoms with Gasteiger partial charge in [0.15, 0.2) is 0 Å². The highest BCUT2D eigenvalue weighted by Crippen LogP contribution is 2.34. The standard InChI is InChI=1S/C18H18F4N4O2/c1-10-7-11(2)25(23-10)9-12-3-5-13(6-4-12)16(27)26-18(28,17(21)22)8-14(24-26)15(19)20/h3-7,15,17,28H,8-9H2,1-2H3/t18-/m0/s1. The molecule has 28 heavy (non-hydrogen) atoms. The first kappa shape index (κ1) is 20.0. The van der Waals surface area contributed by atoms with E-state index in [9.17, 15) is 27.5 Å². The molecule has 0 saturated heterocycles. The minimum absolute atomic E-state index is 0.0508. The Morgan fingerprint density at radius 3 is 2.36 bits per heavy atom. The number of aromatic nitrogens is 2. The Hall–Kier alpha value is -2.75. The highest BCUT2D eigenvalue weighted by atomic mass is 19.3. The van der Waals surface area contributed by atoms with Crippen molar-refractivity contribution in [3.63, 3.8) is 0 Å². The third-order valence-corrected chi connectivity index (χ3v) is 4.47. The van der Waals surface area contributed by atoms with Crippen molar-refractivity contribution in [2.45, 2.75) is 45.4 Å². The molecule has 0 aliphatic carbocycles. The molecular weight excluding hydrogens is 380 g/mol. The second-order valence-corrected chi connectivity index (χ2v) is 6.65. The fourth-order valence-electron chi connectivity index (χ4n) is 2.99. The molecular formula is C18H18F4N4O2. The summed E-state index contributed by atoms with van der Waals surface area (Å²) in [5, 5.41) is 17.7. The van der Waals surface area contributed by atoms with Gasteiger partial charge in [-0.1, -0.05) is 12.1 Å². The maximum absolute atomic E-state index is 13.3. The second kappa shape index (κ2) is 7.34. The largest absolute Gasteiger partial charge is 0.364 e. The van der Waals surface area contributed by atoms with Gasteiger partial charge in [-0.3, -0.25) is 9.48 Å². The number of halogens is 4. The number of hydrazone groups is 1. The molecule has 0 bridgehead atoms. The summed E-state index contributed by atoms with van der Waals surface area (Å²) in [6.45, 7) is 4.20. The minimum Gasteiger partial charge on any atom is -0.364 e. The third-order valence-electron chi connectivity index (χ3n) is 4.47. The Kier molecular flexibility index (Phi) is 5.24. The third kappa shape index (κ3) is 3.64. The monoisotopic (exact) mass is 398 g/mol. The van der Waals surface area contributed by atoms with Gasteiger partial charge in [0.2, 0.25) is 5.72 Å². The lowest BCUT2D eigenvalue weighted by Gasteiger charge is -2.30. The molecule has 0 unspecified atom stereocenters. The first-order chi connectivity index (χ1) is 13.1. The average Bonchev–Trinajstić information content (AvgIpc) is 3.15. The molecule has 1 aliphatic rings. The summed E-state index contributed by atoms with van der Waals surface area (Å²) in [4.78, 5) is 12.5. The number of aliphatic hydroxyl groups is 1. The van der Waals surface area contributed by atoms with Crippen LogP contribution in [-0.4, -0.2) is 50.1 Å². The lowest BCUT2D eigenvalue weighted by atomic mass is 10.1. The lowest BCUT2D eigenvalue weighted by Crippen LogP contribution is -2.51. The summed E-state index contributed by atoms with van der Waals surface area (Å²) in [6, 6.07) is 7.84. The van der Waals surface area contributed by atoms with Crippen molar-refractivity contribution in [2.24, 2.45) is 5.10 Å². The summed E-state index contributed by atoms with van der Waals surface area (Å²) in [5.74, 6) is -1.09. The first-order valence-corrected chi connectivity index (χ1v) is 8.42. The number of alkyl halides is 4. The van der Waals surface area contributed by atoms with E-state index in [1.165, 1.54) is 12.1 Å². The fraction of sp³-hybridized carbons (Fsp3) is 0.389. The fourth-order valence-corrected chi connectivity index (χ4v) is 2.99. The van der Waals surface area contributed by atoms with E-state index in [4.69, 9.17) is 0 Å². The maximum Gasteiger partial charge on any atom is 0.287 e. The predicted molar refractivity (Wildman–Crippen MR) is 92.4 cm³/mol. The van der Waals surface area contributed by atoms with E-state index in [2.05, 4.69) is 10.2 Å². The van der Waals surface area contributed by atoms with Crippen LogP contribution in [0, 0.1) is 13.8 Å². The molecule has 1 aliphatic heterocycles. The maximum atomic E-state index is 13.3. The van der Waals surface area contributed by atoms with E-state index in [0.29, 0.717) is 6.54 Å². The molecule has 3 rings (SSSR count). The molecule has 1 aromatic heterocycles. The Bertz CT molecular complexity index is 911. The molecule has 1 aromatic carbocycles. The molecule has 10 heteroatoms. The number of benzene rings is 1. The first-order valence-electron chi connectivity index (χ1n) is 8.42. The van der Waals surface area contributed by atoms with E-state index < -0.39 is 36.6 Å². The van der Waals surface area contributed by atoms with Crippen LogP contribution >= 0.6 is 0 Å². The zero-order valence-electron chi connectivity index (χ0n) is 15.1. The van der Waals surface area contributed by atoms with E-state index in [0.717, 1.165) is 17.0 Å². The van der Waals surface area contributed by atoms with Crippen molar-refractivity contribution >= 4 is 11.6 Å². The van der Waals surface area contributed by atoms with Gasteiger partial charge in [-0.05, 0) is 37.6 Å². The normalized spacial score (nSPS) is 19.6. The highest BCUT2D eigenvalue weighted by molar-refractivity contribution is 5.99. The number of nitrogens with zero attached hydrogens (tertiary/aromatic N) is 4. The summed E-state index contributed by atoms with van der Waals surface area (Å²) in [6.07, 6.45) is -7.71. The molecule has 150 valence electrons. The molecule has 1 atom stereocenters.